The van der Waals surface area contributed by atoms with Gasteiger partial charge < -0.3 is 14.8 Å². The molecule has 0 saturated carbocycles. The lowest BCUT2D eigenvalue weighted by atomic mass is 10.1. The second kappa shape index (κ2) is 8.05. The monoisotopic (exact) mass is 444 g/mol. The Morgan fingerprint density at radius 3 is 2.55 bits per heavy atom. The molecule has 0 fully saturated rings. The largest absolute Gasteiger partial charge is 0.493 e. The Hall–Kier alpha value is -4.20. The molecule has 0 unspecified atom stereocenters. The molecule has 0 aliphatic heterocycles. The minimum Gasteiger partial charge on any atom is -0.493 e. The molecule has 0 radical (unpaired) electrons. The number of nitrogens with zero attached hydrogens (tertiary/aromatic N) is 3. The van der Waals surface area contributed by atoms with Crippen LogP contribution in [0.1, 0.15) is 27.2 Å². The first-order valence-corrected chi connectivity index (χ1v) is 10.4. The van der Waals surface area contributed by atoms with Gasteiger partial charge in [0.2, 0.25) is 0 Å². The van der Waals surface area contributed by atoms with E-state index >= 15 is 0 Å². The molecular formula is C25H21FN4O3. The number of para-hydroxylation sites is 1. The molecule has 2 heterocycles. The maximum atomic E-state index is 14.8. The number of rotatable bonds is 5. The van der Waals surface area contributed by atoms with Crippen molar-refractivity contribution in [1.29, 1.82) is 0 Å². The molecule has 166 valence electrons. The van der Waals surface area contributed by atoms with E-state index in [4.69, 9.17) is 9.47 Å². The Bertz CT molecular complexity index is 1380. The van der Waals surface area contributed by atoms with E-state index in [1.807, 2.05) is 25.1 Å². The average Bonchev–Trinajstić information content (AvgIpc) is 3.37. The van der Waals surface area contributed by atoms with Gasteiger partial charge in [0.1, 0.15) is 17.3 Å². The minimum absolute atomic E-state index is 0.213. The van der Waals surface area contributed by atoms with Crippen LogP contribution in [0.2, 0.25) is 0 Å². The third-order valence-electron chi connectivity index (χ3n) is 5.66. The van der Waals surface area contributed by atoms with E-state index in [0.717, 1.165) is 16.7 Å². The summed E-state index contributed by atoms with van der Waals surface area (Å²) in [4.78, 5) is 17.5. The Labute approximate surface area is 189 Å². The Kier molecular flexibility index (Phi) is 5.05. The molecule has 2 aromatic carbocycles. The van der Waals surface area contributed by atoms with Crippen molar-refractivity contribution in [1.82, 2.24) is 14.8 Å². The predicted octanol–water partition coefficient (Wildman–Crippen LogP) is 4.56. The van der Waals surface area contributed by atoms with Gasteiger partial charge in [-0.25, -0.2) is 14.1 Å². The number of aryl methyl sites for hydroxylation is 1. The van der Waals surface area contributed by atoms with Crippen molar-refractivity contribution in [2.45, 2.75) is 13.3 Å². The maximum Gasteiger partial charge on any atom is 0.277 e. The Morgan fingerprint density at radius 1 is 1.09 bits per heavy atom. The highest BCUT2D eigenvalue weighted by atomic mass is 19.1. The molecule has 8 heteroatoms. The number of aromatic nitrogens is 3. The highest BCUT2D eigenvalue weighted by molar-refractivity contribution is 6.05. The number of methoxy groups -OCH3 is 2. The molecule has 0 atom stereocenters. The van der Waals surface area contributed by atoms with E-state index in [0.29, 0.717) is 35.0 Å². The molecule has 1 aliphatic rings. The van der Waals surface area contributed by atoms with E-state index in [1.165, 1.54) is 10.7 Å². The van der Waals surface area contributed by atoms with Crippen LogP contribution in [-0.4, -0.2) is 34.9 Å². The molecule has 0 saturated heterocycles. The van der Waals surface area contributed by atoms with Crippen LogP contribution < -0.4 is 14.8 Å². The molecule has 1 amide bonds. The van der Waals surface area contributed by atoms with Gasteiger partial charge in [0.25, 0.3) is 5.91 Å². The van der Waals surface area contributed by atoms with Crippen molar-refractivity contribution in [2.24, 2.45) is 0 Å². The lowest BCUT2D eigenvalue weighted by Gasteiger charge is -2.12. The van der Waals surface area contributed by atoms with Gasteiger partial charge in [0.15, 0.2) is 17.2 Å². The van der Waals surface area contributed by atoms with Gasteiger partial charge in [0, 0.05) is 23.7 Å². The number of fused-ring (bicyclic) bond motifs is 3. The third-order valence-corrected chi connectivity index (χ3v) is 5.66. The summed E-state index contributed by atoms with van der Waals surface area (Å²) in [5.41, 5.74) is 4.55. The molecular weight excluding hydrogens is 423 g/mol. The summed E-state index contributed by atoms with van der Waals surface area (Å²) < 4.78 is 27.2. The van der Waals surface area contributed by atoms with Crippen LogP contribution in [0.4, 0.5) is 10.2 Å². The van der Waals surface area contributed by atoms with Crippen LogP contribution >= 0.6 is 0 Å². The van der Waals surface area contributed by atoms with Gasteiger partial charge in [-0.15, -0.1) is 0 Å². The standard InChI is InChI=1S/C25H21FN4O3/c1-14-8-9-22(27-13-14)28-25(31)23-17-10-15-11-20(32-2)21(33-3)12-16(15)24(17)30(29-23)19-7-5-4-6-18(19)26/h4-9,11-13H,10H2,1-3H3,(H,27,28,31). The number of carbonyl (C=O) groups excluding carboxylic acids is 1. The normalized spacial score (nSPS) is 11.6. The van der Waals surface area contributed by atoms with Crippen molar-refractivity contribution < 1.29 is 18.7 Å². The number of ether oxygens (including phenoxy) is 2. The zero-order chi connectivity index (χ0) is 23.1. The Balaban J connectivity index is 1.66. The number of halogens is 1. The van der Waals surface area contributed by atoms with Crippen molar-refractivity contribution in [2.75, 3.05) is 19.5 Å². The summed E-state index contributed by atoms with van der Waals surface area (Å²) in [5, 5.41) is 7.34. The Morgan fingerprint density at radius 2 is 1.85 bits per heavy atom. The molecule has 33 heavy (non-hydrogen) atoms. The first-order chi connectivity index (χ1) is 16.0. The molecule has 0 bridgehead atoms. The lowest BCUT2D eigenvalue weighted by Crippen LogP contribution is -2.16. The van der Waals surface area contributed by atoms with Crippen LogP contribution in [0.15, 0.2) is 54.7 Å². The predicted molar refractivity (Wildman–Crippen MR) is 122 cm³/mol. The fourth-order valence-corrected chi connectivity index (χ4v) is 4.07. The van der Waals surface area contributed by atoms with Crippen LogP contribution in [0, 0.1) is 12.7 Å². The number of pyridine rings is 1. The average molecular weight is 444 g/mol. The van der Waals surface area contributed by atoms with Crippen molar-refractivity contribution in [3.63, 3.8) is 0 Å². The number of hydrogen-bond acceptors (Lipinski definition) is 5. The first kappa shape index (κ1) is 20.7. The van der Waals surface area contributed by atoms with Gasteiger partial charge >= 0.3 is 0 Å². The fraction of sp³-hybridized carbons (Fsp3) is 0.160. The van der Waals surface area contributed by atoms with E-state index < -0.39 is 11.7 Å². The van der Waals surface area contributed by atoms with Crippen LogP contribution in [-0.2, 0) is 6.42 Å². The lowest BCUT2D eigenvalue weighted by molar-refractivity contribution is 0.102. The first-order valence-electron chi connectivity index (χ1n) is 10.4. The molecule has 1 N–H and O–H groups in total. The molecule has 2 aromatic heterocycles. The molecule has 7 nitrogen and oxygen atoms in total. The topological polar surface area (TPSA) is 78.3 Å². The van der Waals surface area contributed by atoms with Crippen LogP contribution in [0.5, 0.6) is 11.5 Å². The second-order valence-electron chi connectivity index (χ2n) is 7.76. The number of nitrogens with one attached hydrogen (secondary N) is 1. The summed E-state index contributed by atoms with van der Waals surface area (Å²) in [5.74, 6) is 0.689. The van der Waals surface area contributed by atoms with Crippen LogP contribution in [0.25, 0.3) is 16.9 Å². The summed E-state index contributed by atoms with van der Waals surface area (Å²) in [7, 11) is 3.13. The third kappa shape index (κ3) is 3.49. The van der Waals surface area contributed by atoms with Crippen LogP contribution in [0.3, 0.4) is 0 Å². The number of anilines is 1. The van der Waals surface area contributed by atoms with E-state index in [2.05, 4.69) is 15.4 Å². The summed E-state index contributed by atoms with van der Waals surface area (Å²) >= 11 is 0. The minimum atomic E-state index is -0.441. The number of amides is 1. The van der Waals surface area contributed by atoms with Gasteiger partial charge in [-0.05, 0) is 48.4 Å². The second-order valence-corrected chi connectivity index (χ2v) is 7.76. The number of benzene rings is 2. The molecule has 4 aromatic rings. The quantitative estimate of drug-likeness (QED) is 0.430. The summed E-state index contributed by atoms with van der Waals surface area (Å²) in [6.45, 7) is 1.92. The van der Waals surface area contributed by atoms with E-state index in [1.54, 1.807) is 44.7 Å². The molecule has 0 spiro atoms. The zero-order valence-electron chi connectivity index (χ0n) is 18.3. The van der Waals surface area contributed by atoms with Gasteiger partial charge in [-0.2, -0.15) is 5.10 Å². The van der Waals surface area contributed by atoms with E-state index in [-0.39, 0.29) is 11.4 Å². The van der Waals surface area contributed by atoms with Gasteiger partial charge in [-0.3, -0.25) is 4.79 Å². The highest BCUT2D eigenvalue weighted by Gasteiger charge is 2.33. The van der Waals surface area contributed by atoms with Crippen molar-refractivity contribution in [3.8, 4) is 28.4 Å². The molecule has 1 aliphatic carbocycles. The van der Waals surface area contributed by atoms with Gasteiger partial charge in [0.05, 0.1) is 19.9 Å². The molecule has 5 rings (SSSR count). The van der Waals surface area contributed by atoms with Crippen molar-refractivity contribution >= 4 is 11.7 Å². The number of hydrogen-bond donors (Lipinski definition) is 1. The van der Waals surface area contributed by atoms with E-state index in [9.17, 15) is 9.18 Å². The summed E-state index contributed by atoms with van der Waals surface area (Å²) in [6, 6.07) is 13.6. The SMILES string of the molecule is COc1cc2c(cc1OC)-c1c(c(C(=O)Nc3ccc(C)cn3)nn1-c1ccccc1F)C2. The zero-order valence-corrected chi connectivity index (χ0v) is 18.3. The smallest absolute Gasteiger partial charge is 0.277 e. The number of carbonyl (C=O) groups is 1. The summed E-state index contributed by atoms with van der Waals surface area (Å²) in [6.07, 6.45) is 2.12. The maximum absolute atomic E-state index is 14.8. The highest BCUT2D eigenvalue weighted by Crippen LogP contribution is 2.45. The van der Waals surface area contributed by atoms with Crippen molar-refractivity contribution in [3.05, 3.63) is 82.9 Å². The van der Waals surface area contributed by atoms with Gasteiger partial charge in [-0.1, -0.05) is 18.2 Å². The fourth-order valence-electron chi connectivity index (χ4n) is 4.07.